The molecule has 3 heteroatoms. The standard InChI is InChI=1S/C17H16O3/c1-18-14-7-6-12-8-9-17(20-16(12)10-14)11-13-4-2-3-5-15(13)19-17/h2-7,10H,8-9,11H2,1H3/t17-/m0/s1. The Hall–Kier alpha value is -2.16. The van der Waals surface area contributed by atoms with Gasteiger partial charge in [0.05, 0.1) is 13.5 Å². The Balaban J connectivity index is 1.67. The average Bonchev–Trinajstić information content (AvgIpc) is 2.83. The molecule has 0 aliphatic carbocycles. The SMILES string of the molecule is COc1ccc2c(c1)O[C@@]1(CC2)Cc2ccccc2O1. The summed E-state index contributed by atoms with van der Waals surface area (Å²) in [5.41, 5.74) is 2.44. The maximum atomic E-state index is 6.20. The lowest BCUT2D eigenvalue weighted by molar-refractivity contribution is -0.111. The molecule has 2 aliphatic heterocycles. The van der Waals surface area contributed by atoms with Crippen LogP contribution in [0.2, 0.25) is 0 Å². The molecule has 1 atom stereocenters. The first kappa shape index (κ1) is 11.6. The molecule has 0 fully saturated rings. The van der Waals surface area contributed by atoms with E-state index >= 15 is 0 Å². The lowest BCUT2D eigenvalue weighted by Gasteiger charge is -2.34. The van der Waals surface area contributed by atoms with Crippen LogP contribution in [0.25, 0.3) is 0 Å². The van der Waals surface area contributed by atoms with Crippen LogP contribution in [-0.2, 0) is 12.8 Å². The van der Waals surface area contributed by atoms with Crippen LogP contribution >= 0.6 is 0 Å². The molecular formula is C17H16O3. The summed E-state index contributed by atoms with van der Waals surface area (Å²) >= 11 is 0. The van der Waals surface area contributed by atoms with E-state index in [2.05, 4.69) is 12.1 Å². The maximum absolute atomic E-state index is 6.20. The molecule has 4 rings (SSSR count). The van der Waals surface area contributed by atoms with E-state index in [4.69, 9.17) is 14.2 Å². The molecule has 2 heterocycles. The van der Waals surface area contributed by atoms with Crippen molar-refractivity contribution in [2.45, 2.75) is 25.0 Å². The Morgan fingerprint density at radius 3 is 2.70 bits per heavy atom. The summed E-state index contributed by atoms with van der Waals surface area (Å²) in [6.45, 7) is 0. The monoisotopic (exact) mass is 268 g/mol. The summed E-state index contributed by atoms with van der Waals surface area (Å²) in [7, 11) is 1.67. The van der Waals surface area contributed by atoms with Crippen molar-refractivity contribution in [2.24, 2.45) is 0 Å². The van der Waals surface area contributed by atoms with Crippen molar-refractivity contribution >= 4 is 0 Å². The fourth-order valence-corrected chi connectivity index (χ4v) is 3.01. The van der Waals surface area contributed by atoms with E-state index in [0.29, 0.717) is 0 Å². The molecule has 0 N–H and O–H groups in total. The van der Waals surface area contributed by atoms with Gasteiger partial charge >= 0.3 is 0 Å². The summed E-state index contributed by atoms with van der Waals surface area (Å²) in [6, 6.07) is 14.2. The van der Waals surface area contributed by atoms with E-state index in [9.17, 15) is 0 Å². The van der Waals surface area contributed by atoms with Gasteiger partial charge in [0.2, 0.25) is 0 Å². The van der Waals surface area contributed by atoms with Gasteiger partial charge in [-0.05, 0) is 24.1 Å². The Morgan fingerprint density at radius 2 is 1.85 bits per heavy atom. The minimum absolute atomic E-state index is 0.539. The minimum Gasteiger partial charge on any atom is -0.497 e. The van der Waals surface area contributed by atoms with E-state index in [1.54, 1.807) is 7.11 Å². The fraction of sp³-hybridized carbons (Fsp3) is 0.294. The zero-order valence-electron chi connectivity index (χ0n) is 11.4. The van der Waals surface area contributed by atoms with Crippen LogP contribution in [0.1, 0.15) is 17.5 Å². The lowest BCUT2D eigenvalue weighted by atomic mass is 9.96. The highest BCUT2D eigenvalue weighted by Gasteiger charge is 2.44. The third-order valence-corrected chi connectivity index (χ3v) is 4.07. The Morgan fingerprint density at radius 1 is 1.00 bits per heavy atom. The number of aryl methyl sites for hydroxylation is 1. The molecule has 102 valence electrons. The van der Waals surface area contributed by atoms with Gasteiger partial charge in [-0.2, -0.15) is 0 Å². The zero-order chi connectivity index (χ0) is 13.6. The highest BCUT2D eigenvalue weighted by atomic mass is 16.7. The average molecular weight is 268 g/mol. The Kier molecular flexibility index (Phi) is 2.43. The highest BCUT2D eigenvalue weighted by molar-refractivity contribution is 5.45. The van der Waals surface area contributed by atoms with Gasteiger partial charge in [-0.15, -0.1) is 0 Å². The molecule has 0 bridgehead atoms. The van der Waals surface area contributed by atoms with Crippen LogP contribution < -0.4 is 14.2 Å². The molecule has 20 heavy (non-hydrogen) atoms. The second-order valence-electron chi connectivity index (χ2n) is 5.37. The fourth-order valence-electron chi connectivity index (χ4n) is 3.01. The molecule has 0 saturated heterocycles. The van der Waals surface area contributed by atoms with Gasteiger partial charge in [0, 0.05) is 18.1 Å². The van der Waals surface area contributed by atoms with Gasteiger partial charge in [-0.3, -0.25) is 0 Å². The van der Waals surface area contributed by atoms with E-state index in [1.807, 2.05) is 30.3 Å². The van der Waals surface area contributed by atoms with E-state index in [0.717, 1.165) is 36.5 Å². The summed E-state index contributed by atoms with van der Waals surface area (Å²) < 4.78 is 17.6. The predicted molar refractivity (Wildman–Crippen MR) is 75.4 cm³/mol. The van der Waals surface area contributed by atoms with Gasteiger partial charge in [0.1, 0.15) is 17.2 Å². The molecule has 2 aliphatic rings. The summed E-state index contributed by atoms with van der Waals surface area (Å²) in [5.74, 6) is 2.10. The molecule has 0 radical (unpaired) electrons. The summed E-state index contributed by atoms with van der Waals surface area (Å²) in [5, 5.41) is 0. The van der Waals surface area contributed by atoms with Gasteiger partial charge in [0.25, 0.3) is 5.79 Å². The third-order valence-electron chi connectivity index (χ3n) is 4.07. The molecule has 0 unspecified atom stereocenters. The molecule has 0 amide bonds. The normalized spacial score (nSPS) is 22.6. The molecule has 2 aromatic rings. The van der Waals surface area contributed by atoms with Crippen LogP contribution in [0, 0.1) is 0 Å². The molecule has 0 saturated carbocycles. The van der Waals surface area contributed by atoms with Crippen LogP contribution in [0.4, 0.5) is 0 Å². The topological polar surface area (TPSA) is 27.7 Å². The number of ether oxygens (including phenoxy) is 3. The first-order valence-corrected chi connectivity index (χ1v) is 6.91. The summed E-state index contributed by atoms with van der Waals surface area (Å²) in [6.07, 6.45) is 2.65. The van der Waals surface area contributed by atoms with Crippen molar-refractivity contribution in [3.8, 4) is 17.2 Å². The Labute approximate surface area is 118 Å². The second kappa shape index (κ2) is 4.17. The smallest absolute Gasteiger partial charge is 0.255 e. The number of benzene rings is 2. The largest absolute Gasteiger partial charge is 0.497 e. The second-order valence-corrected chi connectivity index (χ2v) is 5.37. The van der Waals surface area contributed by atoms with Gasteiger partial charge in [-0.25, -0.2) is 0 Å². The molecule has 1 spiro atoms. The van der Waals surface area contributed by atoms with Crippen LogP contribution in [0.15, 0.2) is 42.5 Å². The van der Waals surface area contributed by atoms with Crippen molar-refractivity contribution in [2.75, 3.05) is 7.11 Å². The van der Waals surface area contributed by atoms with Crippen molar-refractivity contribution < 1.29 is 14.2 Å². The quantitative estimate of drug-likeness (QED) is 0.793. The highest BCUT2D eigenvalue weighted by Crippen LogP contribution is 2.43. The first-order valence-electron chi connectivity index (χ1n) is 6.91. The number of rotatable bonds is 1. The molecule has 0 aromatic heterocycles. The first-order chi connectivity index (χ1) is 9.78. The van der Waals surface area contributed by atoms with Crippen molar-refractivity contribution in [3.05, 3.63) is 53.6 Å². The molecule has 2 aromatic carbocycles. The number of hydrogen-bond acceptors (Lipinski definition) is 3. The van der Waals surface area contributed by atoms with Gasteiger partial charge in [-0.1, -0.05) is 24.3 Å². The number of para-hydroxylation sites is 1. The van der Waals surface area contributed by atoms with Crippen molar-refractivity contribution in [1.82, 2.24) is 0 Å². The minimum atomic E-state index is -0.539. The van der Waals surface area contributed by atoms with E-state index in [1.165, 1.54) is 11.1 Å². The van der Waals surface area contributed by atoms with E-state index < -0.39 is 5.79 Å². The molecular weight excluding hydrogens is 252 g/mol. The lowest BCUT2D eigenvalue weighted by Crippen LogP contribution is -2.44. The maximum Gasteiger partial charge on any atom is 0.255 e. The number of hydrogen-bond donors (Lipinski definition) is 0. The van der Waals surface area contributed by atoms with E-state index in [-0.39, 0.29) is 0 Å². The number of methoxy groups -OCH3 is 1. The van der Waals surface area contributed by atoms with Crippen molar-refractivity contribution in [1.29, 1.82) is 0 Å². The van der Waals surface area contributed by atoms with Crippen molar-refractivity contribution in [3.63, 3.8) is 0 Å². The summed E-state index contributed by atoms with van der Waals surface area (Å²) in [4.78, 5) is 0. The third kappa shape index (κ3) is 1.73. The van der Waals surface area contributed by atoms with Crippen LogP contribution in [-0.4, -0.2) is 12.9 Å². The van der Waals surface area contributed by atoms with Crippen LogP contribution in [0.3, 0.4) is 0 Å². The molecule has 3 nitrogen and oxygen atoms in total. The Bertz CT molecular complexity index is 638. The van der Waals surface area contributed by atoms with Crippen LogP contribution in [0.5, 0.6) is 17.2 Å². The van der Waals surface area contributed by atoms with Gasteiger partial charge in [0.15, 0.2) is 0 Å². The van der Waals surface area contributed by atoms with Gasteiger partial charge < -0.3 is 14.2 Å². The predicted octanol–water partition coefficient (Wildman–Crippen LogP) is 3.35. The number of fused-ring (bicyclic) bond motifs is 2. The zero-order valence-corrected chi connectivity index (χ0v) is 11.4.